The van der Waals surface area contributed by atoms with Crippen LogP contribution in [0.4, 0.5) is 5.00 Å². The molecule has 2 aromatic rings. The fraction of sp³-hybridized carbons (Fsp3) is 0.588. The molecule has 0 radical (unpaired) electrons. The van der Waals surface area contributed by atoms with Crippen LogP contribution in [0, 0.1) is 6.92 Å². The Labute approximate surface area is 147 Å². The van der Waals surface area contributed by atoms with E-state index in [2.05, 4.69) is 33.1 Å². The minimum absolute atomic E-state index is 0.0847. The highest BCUT2D eigenvalue weighted by atomic mass is 32.1. The van der Waals surface area contributed by atoms with Crippen molar-refractivity contribution in [1.82, 2.24) is 18.8 Å². The van der Waals surface area contributed by atoms with E-state index in [1.807, 2.05) is 31.3 Å². The van der Waals surface area contributed by atoms with E-state index in [1.54, 1.807) is 0 Å². The predicted molar refractivity (Wildman–Crippen MR) is 96.9 cm³/mol. The van der Waals surface area contributed by atoms with Crippen LogP contribution in [0.2, 0.25) is 0 Å². The second-order valence-corrected chi connectivity index (χ2v) is 7.39. The lowest BCUT2D eigenvalue weighted by Gasteiger charge is -2.34. The number of rotatable bonds is 4. The lowest BCUT2D eigenvalue weighted by molar-refractivity contribution is 0.0678. The topological polar surface area (TPSA) is 63.1 Å². The monoisotopic (exact) mass is 347 g/mol. The summed E-state index contributed by atoms with van der Waals surface area (Å²) < 4.78 is 6.58. The van der Waals surface area contributed by atoms with Gasteiger partial charge in [0, 0.05) is 38.4 Å². The van der Waals surface area contributed by atoms with Crippen LogP contribution in [0.25, 0.3) is 0 Å². The molecule has 3 rings (SSSR count). The van der Waals surface area contributed by atoms with Crippen molar-refractivity contribution in [3.05, 3.63) is 29.5 Å². The van der Waals surface area contributed by atoms with Crippen LogP contribution in [0.3, 0.4) is 0 Å². The highest BCUT2D eigenvalue weighted by Crippen LogP contribution is 2.30. The van der Waals surface area contributed by atoms with Gasteiger partial charge in [-0.05, 0) is 31.3 Å². The number of nitrogens with one attached hydrogen (secondary N) is 1. The Kier molecular flexibility index (Phi) is 4.89. The molecule has 6 nitrogen and oxygen atoms in total. The summed E-state index contributed by atoms with van der Waals surface area (Å²) in [4.78, 5) is 19.5. The van der Waals surface area contributed by atoms with E-state index in [-0.39, 0.29) is 5.91 Å². The number of carbonyl (C=O) groups excluding carboxylic acids is 1. The Hall–Kier alpha value is -1.89. The van der Waals surface area contributed by atoms with Crippen LogP contribution in [0.15, 0.2) is 12.4 Å². The number of hydrogen-bond donors (Lipinski definition) is 1. The average molecular weight is 347 g/mol. The Morgan fingerprint density at radius 3 is 2.96 bits per heavy atom. The highest BCUT2D eigenvalue weighted by Gasteiger charge is 2.29. The second-order valence-electron chi connectivity index (χ2n) is 6.62. The van der Waals surface area contributed by atoms with Crippen LogP contribution in [-0.4, -0.2) is 44.9 Å². The summed E-state index contributed by atoms with van der Waals surface area (Å²) in [6.07, 6.45) is 6.00. The van der Waals surface area contributed by atoms with Gasteiger partial charge in [0.1, 0.15) is 10.8 Å². The summed E-state index contributed by atoms with van der Waals surface area (Å²) >= 11 is 1.35. The van der Waals surface area contributed by atoms with Gasteiger partial charge in [-0.25, -0.2) is 4.98 Å². The molecular formula is C17H25N5OS. The number of carbonyl (C=O) groups is 1. The van der Waals surface area contributed by atoms with Crippen LogP contribution in [0.5, 0.6) is 0 Å². The fourth-order valence-corrected chi connectivity index (χ4v) is 4.13. The smallest absolute Gasteiger partial charge is 0.258 e. The van der Waals surface area contributed by atoms with Crippen LogP contribution < -0.4 is 5.32 Å². The van der Waals surface area contributed by atoms with E-state index in [9.17, 15) is 4.79 Å². The fourth-order valence-electron chi connectivity index (χ4n) is 3.40. The molecule has 3 heterocycles. The van der Waals surface area contributed by atoms with E-state index < -0.39 is 0 Å². The van der Waals surface area contributed by atoms with Crippen molar-refractivity contribution >= 4 is 22.4 Å². The second kappa shape index (κ2) is 6.93. The van der Waals surface area contributed by atoms with Crippen LogP contribution in [-0.2, 0) is 0 Å². The van der Waals surface area contributed by atoms with E-state index in [0.29, 0.717) is 12.0 Å². The molecule has 0 bridgehead atoms. The first-order chi connectivity index (χ1) is 11.5. The Bertz CT molecular complexity index is 720. The molecule has 0 aromatic carbocycles. The number of likely N-dealkylation sites (tertiary alicyclic amines) is 1. The molecule has 2 aromatic heterocycles. The molecule has 7 heteroatoms. The maximum Gasteiger partial charge on any atom is 0.258 e. The summed E-state index contributed by atoms with van der Waals surface area (Å²) in [6, 6.07) is 0.299. The number of imidazole rings is 1. The normalized spacial score (nSPS) is 18.2. The zero-order valence-electron chi connectivity index (χ0n) is 14.7. The average Bonchev–Trinajstić information content (AvgIpc) is 3.20. The summed E-state index contributed by atoms with van der Waals surface area (Å²) in [5.74, 6) is 1.56. The Morgan fingerprint density at radius 2 is 2.25 bits per heavy atom. The van der Waals surface area contributed by atoms with Crippen molar-refractivity contribution in [3.8, 4) is 0 Å². The number of hydrogen-bond acceptors (Lipinski definition) is 5. The van der Waals surface area contributed by atoms with Gasteiger partial charge in [-0.2, -0.15) is 4.37 Å². The van der Waals surface area contributed by atoms with E-state index in [4.69, 9.17) is 0 Å². The first kappa shape index (κ1) is 17.0. The Morgan fingerprint density at radius 1 is 1.46 bits per heavy atom. The molecule has 1 saturated heterocycles. The lowest BCUT2D eigenvalue weighted by Crippen LogP contribution is -2.41. The van der Waals surface area contributed by atoms with Crippen molar-refractivity contribution in [2.75, 3.05) is 25.5 Å². The molecule has 1 fully saturated rings. The predicted octanol–water partition coefficient (Wildman–Crippen LogP) is 3.29. The third kappa shape index (κ3) is 3.05. The maximum absolute atomic E-state index is 13.0. The maximum atomic E-state index is 13.0. The number of amides is 1. The summed E-state index contributed by atoms with van der Waals surface area (Å²) in [5, 5.41) is 3.94. The third-order valence-electron chi connectivity index (χ3n) is 4.60. The molecule has 1 amide bonds. The van der Waals surface area contributed by atoms with Crippen molar-refractivity contribution in [1.29, 1.82) is 0 Å². The van der Waals surface area contributed by atoms with Crippen molar-refractivity contribution in [2.45, 2.75) is 45.6 Å². The zero-order chi connectivity index (χ0) is 17.3. The van der Waals surface area contributed by atoms with Crippen molar-refractivity contribution in [3.63, 3.8) is 0 Å². The highest BCUT2D eigenvalue weighted by molar-refractivity contribution is 7.10. The number of anilines is 1. The molecule has 0 saturated carbocycles. The summed E-state index contributed by atoms with van der Waals surface area (Å²) in [6.45, 7) is 7.75. The molecule has 0 aliphatic carbocycles. The lowest BCUT2D eigenvalue weighted by atomic mass is 10.0. The number of aryl methyl sites for hydroxylation is 1. The minimum atomic E-state index is 0.0847. The van der Waals surface area contributed by atoms with Gasteiger partial charge >= 0.3 is 0 Å². The van der Waals surface area contributed by atoms with Gasteiger partial charge in [0.05, 0.1) is 17.3 Å². The number of piperidine rings is 1. The first-order valence-electron chi connectivity index (χ1n) is 8.49. The SMILES string of the molecule is CNc1snc(C)c1C(=O)N1CCC[C@H](n2ccnc2C(C)C)C1. The molecule has 1 aliphatic rings. The van der Waals surface area contributed by atoms with Gasteiger partial charge in [0.15, 0.2) is 0 Å². The van der Waals surface area contributed by atoms with Crippen molar-refractivity contribution in [2.24, 2.45) is 0 Å². The number of nitrogens with zero attached hydrogens (tertiary/aromatic N) is 4. The van der Waals surface area contributed by atoms with Gasteiger partial charge in [-0.1, -0.05) is 13.8 Å². The van der Waals surface area contributed by atoms with Crippen LogP contribution in [0.1, 0.15) is 60.5 Å². The first-order valence-corrected chi connectivity index (χ1v) is 9.26. The Balaban J connectivity index is 1.82. The molecule has 0 unspecified atom stereocenters. The van der Waals surface area contributed by atoms with E-state index >= 15 is 0 Å². The quantitative estimate of drug-likeness (QED) is 0.922. The molecule has 1 atom stereocenters. The molecule has 24 heavy (non-hydrogen) atoms. The molecule has 130 valence electrons. The molecule has 1 aliphatic heterocycles. The van der Waals surface area contributed by atoms with E-state index in [1.165, 1.54) is 11.5 Å². The molecular weight excluding hydrogens is 322 g/mol. The van der Waals surface area contributed by atoms with Crippen LogP contribution >= 0.6 is 11.5 Å². The third-order valence-corrected chi connectivity index (χ3v) is 5.55. The summed E-state index contributed by atoms with van der Waals surface area (Å²) in [7, 11) is 1.84. The number of aromatic nitrogens is 3. The zero-order valence-corrected chi connectivity index (χ0v) is 15.6. The minimum Gasteiger partial charge on any atom is -0.378 e. The largest absolute Gasteiger partial charge is 0.378 e. The van der Waals surface area contributed by atoms with E-state index in [0.717, 1.165) is 48.0 Å². The van der Waals surface area contributed by atoms with Gasteiger partial charge < -0.3 is 14.8 Å². The standard InChI is InChI=1S/C17H25N5OS/c1-11(2)15-19-7-9-22(15)13-6-5-8-21(10-13)17(23)14-12(3)20-24-16(14)18-4/h7,9,11,13,18H,5-6,8,10H2,1-4H3/t13-/m0/s1. The van der Waals surface area contributed by atoms with Gasteiger partial charge in [-0.3, -0.25) is 4.79 Å². The van der Waals surface area contributed by atoms with Gasteiger partial charge in [-0.15, -0.1) is 0 Å². The molecule has 1 N–H and O–H groups in total. The summed E-state index contributed by atoms with van der Waals surface area (Å²) in [5.41, 5.74) is 1.53. The molecule has 0 spiro atoms. The van der Waals surface area contributed by atoms with Gasteiger partial charge in [0.25, 0.3) is 5.91 Å². The van der Waals surface area contributed by atoms with Gasteiger partial charge in [0.2, 0.25) is 0 Å². The van der Waals surface area contributed by atoms with Crippen molar-refractivity contribution < 1.29 is 4.79 Å².